The Balaban J connectivity index is 1.32. The van der Waals surface area contributed by atoms with Crippen LogP contribution in [-0.2, 0) is 6.54 Å². The van der Waals surface area contributed by atoms with Crippen LogP contribution in [0.25, 0.3) is 0 Å². The first-order valence-corrected chi connectivity index (χ1v) is 11.4. The molecule has 4 rings (SSSR count). The molecule has 0 amide bonds. The number of rotatable bonds is 5. The number of nitrogens with two attached hydrogens (primary N) is 1. The van der Waals surface area contributed by atoms with Gasteiger partial charge in [-0.25, -0.2) is 0 Å². The van der Waals surface area contributed by atoms with E-state index in [4.69, 9.17) is 17.3 Å². The Hall–Kier alpha value is -1.94. The number of halogens is 1. The van der Waals surface area contributed by atoms with Crippen LogP contribution in [0.1, 0.15) is 35.4 Å². The van der Waals surface area contributed by atoms with Crippen LogP contribution in [0.2, 0.25) is 5.02 Å². The third kappa shape index (κ3) is 5.36. The zero-order chi connectivity index (χ0) is 20.2. The van der Waals surface area contributed by atoms with Crippen molar-refractivity contribution < 1.29 is 0 Å². The topological polar surface area (TPSA) is 29.3 Å². The molecular weight excluding hydrogens is 396 g/mol. The van der Waals surface area contributed by atoms with Gasteiger partial charge in [0.05, 0.1) is 0 Å². The molecule has 2 nitrogen and oxygen atoms in total. The summed E-state index contributed by atoms with van der Waals surface area (Å²) in [5.74, 6) is 0.631. The second-order valence-corrected chi connectivity index (χ2v) is 9.45. The van der Waals surface area contributed by atoms with Crippen molar-refractivity contribution in [3.63, 3.8) is 0 Å². The summed E-state index contributed by atoms with van der Waals surface area (Å²) in [7, 11) is 0. The maximum Gasteiger partial charge on any atom is 0.0417 e. The number of anilines is 1. The van der Waals surface area contributed by atoms with Crippen LogP contribution >= 0.6 is 23.4 Å². The van der Waals surface area contributed by atoms with Gasteiger partial charge in [0.2, 0.25) is 0 Å². The van der Waals surface area contributed by atoms with E-state index in [1.54, 1.807) is 11.8 Å². The number of likely N-dealkylation sites (tertiary alicyclic amines) is 1. The monoisotopic (exact) mass is 422 g/mol. The van der Waals surface area contributed by atoms with Gasteiger partial charge >= 0.3 is 0 Å². The summed E-state index contributed by atoms with van der Waals surface area (Å²) in [6.45, 7) is 5.49. The van der Waals surface area contributed by atoms with Gasteiger partial charge in [-0.15, -0.1) is 0 Å². The van der Waals surface area contributed by atoms with Crippen molar-refractivity contribution in [3.05, 3.63) is 88.4 Å². The normalized spacial score (nSPS) is 15.5. The highest BCUT2D eigenvalue weighted by Crippen LogP contribution is 2.33. The molecule has 150 valence electrons. The minimum atomic E-state index is 0.631. The van der Waals surface area contributed by atoms with Gasteiger partial charge in [-0.1, -0.05) is 47.6 Å². The number of aryl methyl sites for hydroxylation is 1. The average Bonchev–Trinajstić information content (AvgIpc) is 2.72. The summed E-state index contributed by atoms with van der Waals surface area (Å²) >= 11 is 7.83. The maximum absolute atomic E-state index is 6.09. The third-order valence-electron chi connectivity index (χ3n) is 5.69. The largest absolute Gasteiger partial charge is 0.399 e. The number of hydrogen-bond acceptors (Lipinski definition) is 3. The fourth-order valence-corrected chi connectivity index (χ4v) is 5.22. The number of benzene rings is 3. The molecule has 2 N–H and O–H groups in total. The third-order valence-corrected chi connectivity index (χ3v) is 6.92. The van der Waals surface area contributed by atoms with Gasteiger partial charge in [0.25, 0.3) is 0 Å². The molecule has 3 aromatic carbocycles. The van der Waals surface area contributed by atoms with E-state index in [9.17, 15) is 0 Å². The van der Waals surface area contributed by atoms with E-state index in [0.717, 1.165) is 30.3 Å². The molecule has 0 bridgehead atoms. The molecule has 0 aromatic heterocycles. The van der Waals surface area contributed by atoms with Crippen molar-refractivity contribution >= 4 is 29.1 Å². The quantitative estimate of drug-likeness (QED) is 0.460. The lowest BCUT2D eigenvalue weighted by atomic mass is 9.86. The molecule has 3 aromatic rings. The molecule has 0 saturated carbocycles. The van der Waals surface area contributed by atoms with E-state index in [1.807, 2.05) is 24.3 Å². The lowest BCUT2D eigenvalue weighted by molar-refractivity contribution is 0.204. The predicted molar refractivity (Wildman–Crippen MR) is 125 cm³/mol. The zero-order valence-corrected chi connectivity index (χ0v) is 18.3. The molecule has 4 heteroatoms. The Kier molecular flexibility index (Phi) is 6.49. The summed E-state index contributed by atoms with van der Waals surface area (Å²) in [6.07, 6.45) is 2.40. The van der Waals surface area contributed by atoms with E-state index in [1.165, 1.54) is 39.3 Å². The Labute approximate surface area is 183 Å². The van der Waals surface area contributed by atoms with Gasteiger partial charge in [0.1, 0.15) is 0 Å². The Morgan fingerprint density at radius 1 is 0.966 bits per heavy atom. The molecule has 0 atom stereocenters. The number of piperidine rings is 1. The van der Waals surface area contributed by atoms with Crippen LogP contribution in [-0.4, -0.2) is 18.0 Å². The summed E-state index contributed by atoms with van der Waals surface area (Å²) in [4.78, 5) is 4.98. The smallest absolute Gasteiger partial charge is 0.0417 e. The molecule has 0 aliphatic carbocycles. The van der Waals surface area contributed by atoms with E-state index in [-0.39, 0.29) is 0 Å². The number of nitrogens with zero attached hydrogens (tertiary/aromatic N) is 1. The zero-order valence-electron chi connectivity index (χ0n) is 16.8. The molecule has 1 heterocycles. The summed E-state index contributed by atoms with van der Waals surface area (Å²) in [5.41, 5.74) is 11.1. The highest BCUT2D eigenvalue weighted by Gasteiger charge is 2.22. The summed E-state index contributed by atoms with van der Waals surface area (Å²) in [5, 5.41) is 0.781. The first-order chi connectivity index (χ1) is 14.1. The number of hydrogen-bond donors (Lipinski definition) is 1. The summed E-state index contributed by atoms with van der Waals surface area (Å²) in [6, 6.07) is 23.3. The molecule has 0 unspecified atom stereocenters. The lowest BCUT2D eigenvalue weighted by Gasteiger charge is -2.33. The second kappa shape index (κ2) is 9.25. The molecule has 0 spiro atoms. The maximum atomic E-state index is 6.09. The van der Waals surface area contributed by atoms with E-state index >= 15 is 0 Å². The minimum Gasteiger partial charge on any atom is -0.399 e. The molecule has 1 aliphatic heterocycles. The van der Waals surface area contributed by atoms with E-state index in [0.29, 0.717) is 5.92 Å². The molecule has 1 saturated heterocycles. The second-order valence-electron chi connectivity index (χ2n) is 7.87. The van der Waals surface area contributed by atoms with Gasteiger partial charge in [0.15, 0.2) is 0 Å². The van der Waals surface area contributed by atoms with Gasteiger partial charge in [0, 0.05) is 27.0 Å². The predicted octanol–water partition coefficient (Wildman–Crippen LogP) is 6.76. The number of nitrogen functional groups attached to an aromatic ring is 1. The van der Waals surface area contributed by atoms with Crippen LogP contribution in [0.5, 0.6) is 0 Å². The van der Waals surface area contributed by atoms with Crippen molar-refractivity contribution in [3.8, 4) is 0 Å². The van der Waals surface area contributed by atoms with Gasteiger partial charge in [-0.3, -0.25) is 4.90 Å². The first kappa shape index (κ1) is 20.3. The van der Waals surface area contributed by atoms with Crippen molar-refractivity contribution in [1.29, 1.82) is 0 Å². The standard InChI is InChI=1S/C25H27ClN2S/c1-18-5-8-22(27)16-25(18)20-11-13-28(14-12-20)17-19-6-9-23(10-7-19)29-24-4-2-3-21(26)15-24/h2-10,15-16,20H,11-14,17,27H2,1H3. The van der Waals surface area contributed by atoms with Crippen LogP contribution in [0.3, 0.4) is 0 Å². The molecule has 0 radical (unpaired) electrons. The van der Waals surface area contributed by atoms with E-state index < -0.39 is 0 Å². The van der Waals surface area contributed by atoms with Crippen molar-refractivity contribution in [1.82, 2.24) is 4.90 Å². The molecule has 1 aliphatic rings. The van der Waals surface area contributed by atoms with Crippen molar-refractivity contribution in [2.24, 2.45) is 0 Å². The van der Waals surface area contributed by atoms with Crippen LogP contribution in [0, 0.1) is 6.92 Å². The average molecular weight is 423 g/mol. The van der Waals surface area contributed by atoms with Crippen LogP contribution < -0.4 is 5.73 Å². The van der Waals surface area contributed by atoms with Crippen molar-refractivity contribution in [2.45, 2.75) is 42.0 Å². The van der Waals surface area contributed by atoms with Gasteiger partial charge < -0.3 is 5.73 Å². The Morgan fingerprint density at radius 3 is 2.45 bits per heavy atom. The highest BCUT2D eigenvalue weighted by atomic mass is 35.5. The van der Waals surface area contributed by atoms with Crippen molar-refractivity contribution in [2.75, 3.05) is 18.8 Å². The van der Waals surface area contributed by atoms with Crippen LogP contribution in [0.4, 0.5) is 5.69 Å². The Morgan fingerprint density at radius 2 is 1.72 bits per heavy atom. The lowest BCUT2D eigenvalue weighted by Crippen LogP contribution is -2.32. The molecular formula is C25H27ClN2S. The Bertz CT molecular complexity index is 963. The molecule has 29 heavy (non-hydrogen) atoms. The fourth-order valence-electron chi connectivity index (χ4n) is 4.09. The van der Waals surface area contributed by atoms with Gasteiger partial charge in [-0.2, -0.15) is 0 Å². The van der Waals surface area contributed by atoms with Crippen LogP contribution in [0.15, 0.2) is 76.5 Å². The van der Waals surface area contributed by atoms with Gasteiger partial charge in [-0.05, 0) is 97.9 Å². The fraction of sp³-hybridized carbons (Fsp3) is 0.280. The molecule has 1 fully saturated rings. The SMILES string of the molecule is Cc1ccc(N)cc1C1CCN(Cc2ccc(Sc3cccc(Cl)c3)cc2)CC1. The first-order valence-electron chi connectivity index (χ1n) is 10.2. The van der Waals surface area contributed by atoms with E-state index in [2.05, 4.69) is 54.3 Å². The minimum absolute atomic E-state index is 0.631. The summed E-state index contributed by atoms with van der Waals surface area (Å²) < 4.78 is 0. The highest BCUT2D eigenvalue weighted by molar-refractivity contribution is 7.99.